The van der Waals surface area contributed by atoms with Gasteiger partial charge in [0.1, 0.15) is 0 Å². The Morgan fingerprint density at radius 1 is 1.09 bits per heavy atom. The lowest BCUT2D eigenvalue weighted by Crippen LogP contribution is -2.47. The van der Waals surface area contributed by atoms with Crippen molar-refractivity contribution in [3.8, 4) is 0 Å². The topological polar surface area (TPSA) is 41.6 Å². The fourth-order valence-electron chi connectivity index (χ4n) is 2.92. The number of hydrogen-bond donors (Lipinski definition) is 1. The van der Waals surface area contributed by atoms with Gasteiger partial charge in [-0.15, -0.1) is 0 Å². The van der Waals surface area contributed by atoms with E-state index in [1.165, 1.54) is 0 Å². The summed E-state index contributed by atoms with van der Waals surface area (Å²) in [6.45, 7) is 19.5. The highest BCUT2D eigenvalue weighted by Crippen LogP contribution is 2.46. The summed E-state index contributed by atoms with van der Waals surface area (Å²) in [7, 11) is 0. The zero-order chi connectivity index (χ0) is 17.7. The van der Waals surface area contributed by atoms with Crippen LogP contribution < -0.4 is 5.32 Å². The summed E-state index contributed by atoms with van der Waals surface area (Å²) >= 11 is 0. The summed E-state index contributed by atoms with van der Waals surface area (Å²) < 4.78 is 5.58. The van der Waals surface area contributed by atoms with Crippen molar-refractivity contribution < 1.29 is 9.53 Å². The summed E-state index contributed by atoms with van der Waals surface area (Å²) in [5, 5.41) is 3.38. The lowest BCUT2D eigenvalue weighted by Gasteiger charge is -2.47. The van der Waals surface area contributed by atoms with E-state index in [2.05, 4.69) is 53.8 Å². The van der Waals surface area contributed by atoms with Gasteiger partial charge in [0.25, 0.3) is 0 Å². The van der Waals surface area contributed by atoms with Gasteiger partial charge in [0, 0.05) is 25.2 Å². The van der Waals surface area contributed by atoms with Crippen molar-refractivity contribution in [2.45, 2.75) is 73.3 Å². The number of ether oxygens (including phenoxy) is 1. The molecule has 1 rings (SSSR count). The van der Waals surface area contributed by atoms with Crippen LogP contribution in [0.15, 0.2) is 0 Å². The van der Waals surface area contributed by atoms with E-state index in [4.69, 9.17) is 4.74 Å². The van der Waals surface area contributed by atoms with Gasteiger partial charge in [0.15, 0.2) is 0 Å². The Bertz CT molecular complexity index is 372. The quantitative estimate of drug-likeness (QED) is 0.760. The van der Waals surface area contributed by atoms with E-state index in [0.29, 0.717) is 30.5 Å². The molecule has 0 aromatic heterocycles. The standard InChI is InChI=1S/C19H38N2O2/c1-17(2,3)19(7)9-12-21(13-10-19)16(22)8-14-23-15-11-20-18(4,5)6/h20H,8-15H2,1-7H3. The third-order valence-electron chi connectivity index (χ3n) is 5.39. The molecule has 0 bridgehead atoms. The average molecular weight is 327 g/mol. The molecule has 136 valence electrons. The number of carbonyl (C=O) groups excluding carboxylic acids is 1. The van der Waals surface area contributed by atoms with Crippen LogP contribution in [0.2, 0.25) is 0 Å². The van der Waals surface area contributed by atoms with Crippen molar-refractivity contribution in [1.82, 2.24) is 10.2 Å². The summed E-state index contributed by atoms with van der Waals surface area (Å²) in [5.41, 5.74) is 0.747. The Balaban J connectivity index is 2.20. The molecule has 0 spiro atoms. The molecule has 0 aromatic rings. The number of amides is 1. The third kappa shape index (κ3) is 6.80. The van der Waals surface area contributed by atoms with Crippen molar-refractivity contribution in [2.24, 2.45) is 10.8 Å². The Kier molecular flexibility index (Phi) is 7.09. The number of nitrogens with zero attached hydrogens (tertiary/aromatic N) is 1. The SMILES string of the molecule is CC(C)(C)NCCOCCC(=O)N1CCC(C)(C(C)(C)C)CC1. The summed E-state index contributed by atoms with van der Waals surface area (Å²) in [5.74, 6) is 0.240. The minimum absolute atomic E-state index is 0.118. The van der Waals surface area contributed by atoms with Crippen LogP contribution in [0.3, 0.4) is 0 Å². The molecule has 0 saturated carbocycles. The van der Waals surface area contributed by atoms with Gasteiger partial charge >= 0.3 is 0 Å². The predicted octanol–water partition coefficient (Wildman–Crippen LogP) is 3.46. The van der Waals surface area contributed by atoms with Gasteiger partial charge in [-0.05, 0) is 44.4 Å². The second-order valence-corrected chi connectivity index (χ2v) is 9.23. The van der Waals surface area contributed by atoms with Gasteiger partial charge in [0.2, 0.25) is 5.91 Å². The molecule has 4 nitrogen and oxygen atoms in total. The van der Waals surface area contributed by atoms with E-state index >= 15 is 0 Å². The number of rotatable bonds is 6. The van der Waals surface area contributed by atoms with Gasteiger partial charge in [-0.1, -0.05) is 27.7 Å². The largest absolute Gasteiger partial charge is 0.380 e. The van der Waals surface area contributed by atoms with Gasteiger partial charge in [-0.25, -0.2) is 0 Å². The van der Waals surface area contributed by atoms with Gasteiger partial charge < -0.3 is 15.0 Å². The third-order valence-corrected chi connectivity index (χ3v) is 5.39. The molecule has 0 atom stereocenters. The minimum atomic E-state index is 0.118. The maximum atomic E-state index is 12.3. The Morgan fingerprint density at radius 3 is 2.13 bits per heavy atom. The van der Waals surface area contributed by atoms with Crippen molar-refractivity contribution in [3.05, 3.63) is 0 Å². The van der Waals surface area contributed by atoms with Gasteiger partial charge in [-0.3, -0.25) is 4.79 Å². The van der Waals surface area contributed by atoms with E-state index in [0.717, 1.165) is 32.5 Å². The highest BCUT2D eigenvalue weighted by Gasteiger charge is 2.40. The first-order valence-electron chi connectivity index (χ1n) is 9.05. The number of likely N-dealkylation sites (tertiary alicyclic amines) is 1. The number of carbonyl (C=O) groups is 1. The molecule has 1 fully saturated rings. The molecule has 23 heavy (non-hydrogen) atoms. The molecule has 0 aliphatic carbocycles. The zero-order valence-corrected chi connectivity index (χ0v) is 16.4. The fourth-order valence-corrected chi connectivity index (χ4v) is 2.92. The molecular formula is C19H38N2O2. The normalized spacial score (nSPS) is 19.0. The lowest BCUT2D eigenvalue weighted by atomic mass is 9.63. The summed E-state index contributed by atoms with van der Waals surface area (Å²) in [6, 6.07) is 0. The molecule has 1 aliphatic rings. The first-order valence-corrected chi connectivity index (χ1v) is 9.05. The van der Waals surface area contributed by atoms with E-state index in [1.807, 2.05) is 4.90 Å². The predicted molar refractivity (Wildman–Crippen MR) is 96.6 cm³/mol. The number of nitrogens with one attached hydrogen (secondary N) is 1. The highest BCUT2D eigenvalue weighted by atomic mass is 16.5. The number of piperidine rings is 1. The van der Waals surface area contributed by atoms with Crippen LogP contribution in [0.1, 0.15) is 67.7 Å². The van der Waals surface area contributed by atoms with Crippen molar-refractivity contribution in [3.63, 3.8) is 0 Å². The van der Waals surface area contributed by atoms with Crippen LogP contribution >= 0.6 is 0 Å². The summed E-state index contributed by atoms with van der Waals surface area (Å²) in [6.07, 6.45) is 2.69. The highest BCUT2D eigenvalue weighted by molar-refractivity contribution is 5.76. The van der Waals surface area contributed by atoms with Crippen LogP contribution in [0, 0.1) is 10.8 Å². The monoisotopic (exact) mass is 326 g/mol. The van der Waals surface area contributed by atoms with Crippen LogP contribution in [-0.4, -0.2) is 49.2 Å². The van der Waals surface area contributed by atoms with E-state index in [1.54, 1.807) is 0 Å². The van der Waals surface area contributed by atoms with Crippen LogP contribution in [-0.2, 0) is 9.53 Å². The van der Waals surface area contributed by atoms with E-state index in [9.17, 15) is 4.79 Å². The molecule has 0 aromatic carbocycles. The molecule has 1 saturated heterocycles. The van der Waals surface area contributed by atoms with Crippen molar-refractivity contribution >= 4 is 5.91 Å². The maximum Gasteiger partial charge on any atom is 0.224 e. The molecule has 1 amide bonds. The minimum Gasteiger partial charge on any atom is -0.380 e. The van der Waals surface area contributed by atoms with Crippen molar-refractivity contribution in [2.75, 3.05) is 32.8 Å². The molecule has 1 heterocycles. The Labute approximate surface area is 143 Å². The smallest absolute Gasteiger partial charge is 0.224 e. The molecular weight excluding hydrogens is 288 g/mol. The first kappa shape index (κ1) is 20.4. The van der Waals surface area contributed by atoms with Crippen LogP contribution in [0.4, 0.5) is 0 Å². The Morgan fingerprint density at radius 2 is 1.65 bits per heavy atom. The van der Waals surface area contributed by atoms with E-state index in [-0.39, 0.29) is 11.4 Å². The maximum absolute atomic E-state index is 12.3. The molecule has 1 N–H and O–H groups in total. The first-order chi connectivity index (χ1) is 10.4. The zero-order valence-electron chi connectivity index (χ0n) is 16.4. The number of hydrogen-bond acceptors (Lipinski definition) is 3. The fraction of sp³-hybridized carbons (Fsp3) is 0.947. The molecule has 1 aliphatic heterocycles. The van der Waals surface area contributed by atoms with Gasteiger partial charge in [-0.2, -0.15) is 0 Å². The Hall–Kier alpha value is -0.610. The molecule has 0 unspecified atom stereocenters. The van der Waals surface area contributed by atoms with Crippen molar-refractivity contribution in [1.29, 1.82) is 0 Å². The van der Waals surface area contributed by atoms with E-state index < -0.39 is 0 Å². The molecule has 0 radical (unpaired) electrons. The average Bonchev–Trinajstić information content (AvgIpc) is 2.41. The molecule has 4 heteroatoms. The summed E-state index contributed by atoms with van der Waals surface area (Å²) in [4.78, 5) is 14.3. The van der Waals surface area contributed by atoms with Crippen LogP contribution in [0.5, 0.6) is 0 Å². The van der Waals surface area contributed by atoms with Crippen LogP contribution in [0.25, 0.3) is 0 Å². The second kappa shape index (κ2) is 7.98. The van der Waals surface area contributed by atoms with Gasteiger partial charge in [0.05, 0.1) is 19.6 Å². The second-order valence-electron chi connectivity index (χ2n) is 9.23. The lowest BCUT2D eigenvalue weighted by molar-refractivity contribution is -0.135.